The lowest BCUT2D eigenvalue weighted by molar-refractivity contribution is -0.147. The van der Waals surface area contributed by atoms with Crippen LogP contribution in [-0.2, 0) is 35.3 Å². The van der Waals surface area contributed by atoms with Crippen molar-refractivity contribution in [1.29, 1.82) is 0 Å². The first kappa shape index (κ1) is 32.7. The molecule has 0 aliphatic carbocycles. The third-order valence-electron chi connectivity index (χ3n) is 6.14. The van der Waals surface area contributed by atoms with Crippen LogP contribution in [0, 0.1) is 11.3 Å². The molecule has 0 amide bonds. The first-order valence-corrected chi connectivity index (χ1v) is 14.8. The minimum absolute atomic E-state index is 0.0149. The van der Waals surface area contributed by atoms with E-state index in [1.54, 1.807) is 67.7 Å². The van der Waals surface area contributed by atoms with Crippen molar-refractivity contribution in [3.8, 4) is 0 Å². The Morgan fingerprint density at radius 2 is 1.16 bits per heavy atom. The second kappa shape index (κ2) is 16.5. The monoisotopic (exact) mass is 550 g/mol. The predicted molar refractivity (Wildman–Crippen MR) is 153 cm³/mol. The fraction of sp³-hybridized carbons (Fsp3) is 0.586. The van der Waals surface area contributed by atoms with Gasteiger partial charge in [-0.15, -0.1) is 22.7 Å². The molecule has 0 bridgehead atoms. The molecule has 2 rings (SSSR count). The van der Waals surface area contributed by atoms with Crippen molar-refractivity contribution in [3.05, 3.63) is 64.2 Å². The van der Waals surface area contributed by atoms with Crippen LogP contribution in [0.15, 0.2) is 33.9 Å². The minimum Gasteiger partial charge on any atom is -0.481 e. The SMILES string of the molecule is CC.CC(CCCCc1cc(=O)cc(CCc2cc(=O)cc(CCCCC(C)(C)C(=O)O)s2)s1)C(=O)O. The Morgan fingerprint density at radius 3 is 1.57 bits per heavy atom. The van der Waals surface area contributed by atoms with Gasteiger partial charge in [-0.05, 0) is 89.5 Å². The number of carboxylic acids is 2. The summed E-state index contributed by atoms with van der Waals surface area (Å²) in [4.78, 5) is 50.5. The van der Waals surface area contributed by atoms with Gasteiger partial charge in [0.25, 0.3) is 0 Å². The van der Waals surface area contributed by atoms with E-state index in [1.807, 2.05) is 13.8 Å². The molecule has 0 fully saturated rings. The van der Waals surface area contributed by atoms with Gasteiger partial charge < -0.3 is 10.2 Å². The molecular weight excluding hydrogens is 508 g/mol. The molecule has 8 heteroatoms. The smallest absolute Gasteiger partial charge is 0.309 e. The Labute approximate surface area is 228 Å². The molecule has 37 heavy (non-hydrogen) atoms. The fourth-order valence-corrected chi connectivity index (χ4v) is 6.03. The molecule has 2 heterocycles. The maximum absolute atomic E-state index is 12.2. The molecular formula is C29H42O6S2. The van der Waals surface area contributed by atoms with Crippen LogP contribution in [-0.4, -0.2) is 22.2 Å². The lowest BCUT2D eigenvalue weighted by Gasteiger charge is -2.18. The Balaban J connectivity index is 0.00000334. The summed E-state index contributed by atoms with van der Waals surface area (Å²) >= 11 is 3.23. The molecule has 6 nitrogen and oxygen atoms in total. The van der Waals surface area contributed by atoms with Crippen LogP contribution in [0.1, 0.15) is 92.7 Å². The Bertz CT molecular complexity index is 1120. The third kappa shape index (κ3) is 12.7. The largest absolute Gasteiger partial charge is 0.481 e. The van der Waals surface area contributed by atoms with Crippen molar-refractivity contribution in [2.45, 2.75) is 98.8 Å². The molecule has 0 radical (unpaired) electrons. The topological polar surface area (TPSA) is 109 Å². The normalized spacial score (nSPS) is 11.9. The van der Waals surface area contributed by atoms with Gasteiger partial charge in [0.1, 0.15) is 0 Å². The van der Waals surface area contributed by atoms with Crippen molar-refractivity contribution in [1.82, 2.24) is 0 Å². The van der Waals surface area contributed by atoms with E-state index >= 15 is 0 Å². The molecule has 0 aliphatic heterocycles. The number of aliphatic carboxylic acids is 2. The van der Waals surface area contributed by atoms with Crippen molar-refractivity contribution in [2.24, 2.45) is 11.3 Å². The summed E-state index contributed by atoms with van der Waals surface area (Å²) in [6, 6.07) is 6.66. The first-order chi connectivity index (χ1) is 17.5. The second-order valence-electron chi connectivity index (χ2n) is 9.83. The van der Waals surface area contributed by atoms with Crippen LogP contribution in [0.2, 0.25) is 0 Å². The van der Waals surface area contributed by atoms with Gasteiger partial charge in [0, 0.05) is 19.5 Å². The molecule has 1 unspecified atom stereocenters. The van der Waals surface area contributed by atoms with Gasteiger partial charge in [-0.3, -0.25) is 19.2 Å². The van der Waals surface area contributed by atoms with Crippen molar-refractivity contribution < 1.29 is 19.8 Å². The highest BCUT2D eigenvalue weighted by Gasteiger charge is 2.26. The summed E-state index contributed by atoms with van der Waals surface area (Å²) in [7, 11) is 0. The molecule has 206 valence electrons. The number of rotatable bonds is 15. The number of carbonyl (C=O) groups is 2. The molecule has 0 saturated carbocycles. The van der Waals surface area contributed by atoms with Gasteiger partial charge in [0.15, 0.2) is 10.9 Å². The molecule has 0 aliphatic rings. The van der Waals surface area contributed by atoms with E-state index in [9.17, 15) is 24.3 Å². The second-order valence-corrected chi connectivity index (χ2v) is 12.3. The van der Waals surface area contributed by atoms with Crippen LogP contribution in [0.4, 0.5) is 0 Å². The highest BCUT2D eigenvalue weighted by atomic mass is 32.1. The summed E-state index contributed by atoms with van der Waals surface area (Å²) < 4.78 is 0. The van der Waals surface area contributed by atoms with Crippen molar-refractivity contribution in [3.63, 3.8) is 0 Å². The van der Waals surface area contributed by atoms with Gasteiger partial charge in [-0.2, -0.15) is 0 Å². The molecule has 2 aromatic rings. The molecule has 2 N–H and O–H groups in total. The van der Waals surface area contributed by atoms with E-state index in [4.69, 9.17) is 5.11 Å². The Hall–Kier alpha value is -2.32. The van der Waals surface area contributed by atoms with Gasteiger partial charge in [-0.1, -0.05) is 33.6 Å². The Morgan fingerprint density at radius 1 is 0.757 bits per heavy atom. The lowest BCUT2D eigenvalue weighted by Crippen LogP contribution is -2.23. The molecule has 0 aromatic carbocycles. The molecule has 2 aromatic heterocycles. The molecule has 0 saturated heterocycles. The lowest BCUT2D eigenvalue weighted by atomic mass is 9.87. The zero-order valence-electron chi connectivity index (χ0n) is 22.8. The van der Waals surface area contributed by atoms with E-state index in [-0.39, 0.29) is 16.8 Å². The highest BCUT2D eigenvalue weighted by Crippen LogP contribution is 2.25. The molecule has 1 atom stereocenters. The maximum Gasteiger partial charge on any atom is 0.309 e. The van der Waals surface area contributed by atoms with Crippen molar-refractivity contribution >= 4 is 34.6 Å². The summed E-state index contributed by atoms with van der Waals surface area (Å²) in [5.74, 6) is -1.91. The Kier molecular flexibility index (Phi) is 14.6. The highest BCUT2D eigenvalue weighted by molar-refractivity contribution is 7.12. The zero-order valence-corrected chi connectivity index (χ0v) is 24.4. The number of aryl methyl sites for hydroxylation is 4. The number of carboxylic acid groups (broad SMARTS) is 2. The minimum atomic E-state index is -0.789. The van der Waals surface area contributed by atoms with E-state index in [0.717, 1.165) is 58.0 Å². The average molecular weight is 551 g/mol. The number of hydrogen-bond acceptors (Lipinski definition) is 6. The van der Waals surface area contributed by atoms with Crippen LogP contribution in [0.5, 0.6) is 0 Å². The van der Waals surface area contributed by atoms with E-state index in [1.165, 1.54) is 0 Å². The van der Waals surface area contributed by atoms with Crippen molar-refractivity contribution in [2.75, 3.05) is 0 Å². The fourth-order valence-electron chi connectivity index (χ4n) is 3.76. The van der Waals surface area contributed by atoms with Gasteiger partial charge >= 0.3 is 11.9 Å². The average Bonchev–Trinajstić information content (AvgIpc) is 2.83. The van der Waals surface area contributed by atoms with Gasteiger partial charge in [-0.25, -0.2) is 0 Å². The molecule has 0 spiro atoms. The summed E-state index contributed by atoms with van der Waals surface area (Å²) in [6.45, 7) is 9.18. The summed E-state index contributed by atoms with van der Waals surface area (Å²) in [5.41, 5.74) is -0.766. The quantitative estimate of drug-likeness (QED) is 0.242. The zero-order chi connectivity index (χ0) is 28.0. The van der Waals surface area contributed by atoms with E-state index in [2.05, 4.69) is 0 Å². The maximum atomic E-state index is 12.2. The first-order valence-electron chi connectivity index (χ1n) is 13.2. The van der Waals surface area contributed by atoms with Crippen LogP contribution in [0.3, 0.4) is 0 Å². The third-order valence-corrected chi connectivity index (χ3v) is 8.48. The number of unbranched alkanes of at least 4 members (excludes halogenated alkanes) is 2. The van der Waals surface area contributed by atoms with E-state index < -0.39 is 17.4 Å². The van der Waals surface area contributed by atoms with E-state index in [0.29, 0.717) is 25.7 Å². The standard InChI is InChI=1S/C27H36O6S2.C2H6/c1-18(25(30)31)8-4-5-9-21-14-19(28)16-23(34-21)11-12-24-17-20(29)15-22(35-24)10-6-7-13-27(2,3)26(32)33;1-2/h14-18H,4-13H2,1-3H3,(H,30,31)(H,32,33);1-2H3. The predicted octanol–water partition coefficient (Wildman–Crippen LogP) is 6.60. The van der Waals surface area contributed by atoms with Gasteiger partial charge in [0.2, 0.25) is 0 Å². The van der Waals surface area contributed by atoms with Gasteiger partial charge in [0.05, 0.1) is 11.3 Å². The van der Waals surface area contributed by atoms with Crippen LogP contribution >= 0.6 is 22.7 Å². The summed E-state index contributed by atoms with van der Waals surface area (Å²) in [5, 5.41) is 18.2. The number of hydrogen-bond donors (Lipinski definition) is 2. The summed E-state index contributed by atoms with van der Waals surface area (Å²) in [6.07, 6.45) is 7.43. The van der Waals surface area contributed by atoms with Crippen LogP contribution in [0.25, 0.3) is 0 Å². The van der Waals surface area contributed by atoms with Crippen LogP contribution < -0.4 is 10.9 Å².